The number of para-hydroxylation sites is 1. The molecule has 0 aromatic heterocycles. The maximum Gasteiger partial charge on any atom is 0.296 e. The lowest BCUT2D eigenvalue weighted by atomic mass is 9.79. The van der Waals surface area contributed by atoms with E-state index in [9.17, 15) is 45.7 Å². The quantitative estimate of drug-likeness (QED) is 0.0155. The van der Waals surface area contributed by atoms with Crippen LogP contribution in [0, 0.1) is 0 Å². The molecule has 0 spiro atoms. The van der Waals surface area contributed by atoms with Crippen molar-refractivity contribution in [2.45, 2.75) is 119 Å². The highest BCUT2D eigenvalue weighted by molar-refractivity contribution is 7.86. The smallest absolute Gasteiger partial charge is 0.296 e. The number of benzene rings is 5. The molecule has 0 radical (unpaired) electrons. The zero-order valence-electron chi connectivity index (χ0n) is 41.2. The van der Waals surface area contributed by atoms with Gasteiger partial charge in [-0.05, 0) is 78.9 Å². The minimum atomic E-state index is -5.09. The Balaban J connectivity index is 1.08. The van der Waals surface area contributed by atoms with E-state index in [1.54, 1.807) is 60.7 Å². The third kappa shape index (κ3) is 15.2. The van der Waals surface area contributed by atoms with Crippen LogP contribution in [0.15, 0.2) is 123 Å². The number of fused-ring (bicyclic) bond motifs is 2. The molecule has 0 fully saturated rings. The lowest BCUT2D eigenvalue weighted by molar-refractivity contribution is -0.158. The SMILES string of the molecule is CCCCCCCCCCC(CCC)OC1C=C(OCCOCCOc2ccc(N=Nc3c(S(=O)(=O)O)cc4cc(S(=O)(=O)O)cc(NC(C)=O)c4c3O)cc2)c2ccccc2C1(O)C(=O)Nc1ccccc1. The fraction of sp³-hybridized carbons (Fsp3) is 0.396. The van der Waals surface area contributed by atoms with Gasteiger partial charge >= 0.3 is 0 Å². The molecule has 0 saturated carbocycles. The number of nitrogens with zero attached hydrogens (tertiary/aromatic N) is 2. The molecule has 0 saturated heterocycles. The van der Waals surface area contributed by atoms with E-state index in [2.05, 4.69) is 34.7 Å². The second-order valence-electron chi connectivity index (χ2n) is 17.7. The lowest BCUT2D eigenvalue weighted by Gasteiger charge is -2.40. The monoisotopic (exact) mass is 1040 g/mol. The van der Waals surface area contributed by atoms with Gasteiger partial charge in [-0.1, -0.05) is 114 Å². The molecule has 6 rings (SSSR count). The highest BCUT2D eigenvalue weighted by atomic mass is 32.2. The molecule has 1 aliphatic rings. The first-order valence-electron chi connectivity index (χ1n) is 24.4. The number of aromatic hydroxyl groups is 1. The molecular formula is C53H64N4O14S2. The number of phenolic OH excluding ortho intramolecular Hbond substituents is 1. The van der Waals surface area contributed by atoms with Gasteiger partial charge in [0.25, 0.3) is 26.1 Å². The normalized spacial score (nSPS) is 16.2. The van der Waals surface area contributed by atoms with E-state index >= 15 is 0 Å². The van der Waals surface area contributed by atoms with Crippen LogP contribution < -0.4 is 15.4 Å². The van der Waals surface area contributed by atoms with Crippen molar-refractivity contribution in [3.05, 3.63) is 114 Å². The van der Waals surface area contributed by atoms with E-state index in [-0.39, 0.29) is 54.7 Å². The van der Waals surface area contributed by atoms with E-state index in [1.165, 1.54) is 44.2 Å². The van der Waals surface area contributed by atoms with Gasteiger partial charge in [0.2, 0.25) is 5.91 Å². The number of aliphatic hydroxyl groups is 1. The van der Waals surface area contributed by atoms with Gasteiger partial charge in [-0.3, -0.25) is 18.7 Å². The van der Waals surface area contributed by atoms with Crippen molar-refractivity contribution in [3.63, 3.8) is 0 Å². The number of hydrogen-bond acceptors (Lipinski definition) is 14. The highest BCUT2D eigenvalue weighted by Gasteiger charge is 2.51. The van der Waals surface area contributed by atoms with Crippen molar-refractivity contribution >= 4 is 71.3 Å². The zero-order valence-corrected chi connectivity index (χ0v) is 42.8. The predicted molar refractivity (Wildman–Crippen MR) is 277 cm³/mol. The molecule has 18 nitrogen and oxygen atoms in total. The summed E-state index contributed by atoms with van der Waals surface area (Å²) in [5, 5.41) is 36.4. The second kappa shape index (κ2) is 26.1. The molecule has 3 unspecified atom stereocenters. The van der Waals surface area contributed by atoms with Gasteiger partial charge in [-0.2, -0.15) is 21.9 Å². The molecule has 20 heteroatoms. The number of phenols is 1. The van der Waals surface area contributed by atoms with Crippen LogP contribution in [0.2, 0.25) is 0 Å². The molecule has 1 aliphatic carbocycles. The van der Waals surface area contributed by atoms with E-state index < -0.39 is 65.0 Å². The van der Waals surface area contributed by atoms with Crippen LogP contribution in [0.5, 0.6) is 11.5 Å². The summed E-state index contributed by atoms with van der Waals surface area (Å²) >= 11 is 0. The van der Waals surface area contributed by atoms with Crippen molar-refractivity contribution in [1.82, 2.24) is 0 Å². The minimum Gasteiger partial charge on any atom is -0.505 e. The Labute approximate surface area is 426 Å². The Kier molecular flexibility index (Phi) is 20.0. The van der Waals surface area contributed by atoms with Gasteiger partial charge in [-0.25, -0.2) is 0 Å². The van der Waals surface area contributed by atoms with Gasteiger partial charge in [0.15, 0.2) is 11.4 Å². The van der Waals surface area contributed by atoms with E-state index in [4.69, 9.17) is 18.9 Å². The topological polar surface area (TPSA) is 269 Å². The average Bonchev–Trinajstić information content (AvgIpc) is 3.35. The van der Waals surface area contributed by atoms with Crippen LogP contribution in [-0.4, -0.2) is 86.6 Å². The van der Waals surface area contributed by atoms with Crippen LogP contribution in [0.25, 0.3) is 16.5 Å². The van der Waals surface area contributed by atoms with E-state index in [0.717, 1.165) is 63.6 Å². The van der Waals surface area contributed by atoms with Crippen molar-refractivity contribution in [2.24, 2.45) is 10.2 Å². The Hall–Kier alpha value is -6.26. The first-order valence-corrected chi connectivity index (χ1v) is 27.3. The second-order valence-corrected chi connectivity index (χ2v) is 20.5. The van der Waals surface area contributed by atoms with Gasteiger partial charge in [-0.15, -0.1) is 5.11 Å². The largest absolute Gasteiger partial charge is 0.505 e. The summed E-state index contributed by atoms with van der Waals surface area (Å²) < 4.78 is 93.0. The van der Waals surface area contributed by atoms with Crippen molar-refractivity contribution in [2.75, 3.05) is 37.1 Å². The summed E-state index contributed by atoms with van der Waals surface area (Å²) in [4.78, 5) is 24.5. The summed E-state index contributed by atoms with van der Waals surface area (Å²) in [6.45, 7) is 6.03. The molecule has 73 heavy (non-hydrogen) atoms. The molecule has 5 aromatic carbocycles. The first-order chi connectivity index (χ1) is 34.9. The summed E-state index contributed by atoms with van der Waals surface area (Å²) in [5.74, 6) is -1.29. The number of nitrogens with one attached hydrogen (secondary N) is 2. The molecule has 0 bridgehead atoms. The Morgan fingerprint density at radius 3 is 2.04 bits per heavy atom. The average molecular weight is 1050 g/mol. The van der Waals surface area contributed by atoms with Gasteiger partial charge in [0.1, 0.15) is 41.4 Å². The van der Waals surface area contributed by atoms with Gasteiger partial charge in [0.05, 0.1) is 35.6 Å². The van der Waals surface area contributed by atoms with Crippen LogP contribution in [0.1, 0.15) is 103 Å². The number of hydrogen-bond donors (Lipinski definition) is 6. The number of amides is 2. The van der Waals surface area contributed by atoms with Crippen LogP contribution in [0.4, 0.5) is 22.7 Å². The number of carbonyl (C=O) groups excluding carboxylic acids is 2. The summed E-state index contributed by atoms with van der Waals surface area (Å²) in [6.07, 6.45) is 12.3. The lowest BCUT2D eigenvalue weighted by Crippen LogP contribution is -2.53. The maximum absolute atomic E-state index is 14.2. The molecule has 6 N–H and O–H groups in total. The van der Waals surface area contributed by atoms with Gasteiger partial charge in [0, 0.05) is 29.1 Å². The molecule has 5 aromatic rings. The first kappa shape index (κ1) is 56.0. The Morgan fingerprint density at radius 1 is 0.726 bits per heavy atom. The fourth-order valence-corrected chi connectivity index (χ4v) is 9.75. The van der Waals surface area contributed by atoms with E-state index in [0.29, 0.717) is 28.3 Å². The maximum atomic E-state index is 14.2. The summed E-state index contributed by atoms with van der Waals surface area (Å²) in [5.41, 5.74) is -1.45. The number of carbonyl (C=O) groups is 2. The number of azo groups is 1. The summed E-state index contributed by atoms with van der Waals surface area (Å²) in [7, 11) is -9.94. The standard InChI is InChI=1S/C53H64N4O14S2/c1-4-6-7-8-9-10-11-15-21-41(18-5-2)71-48-35-46(43-22-16-17-23-44(43)53(48,61)52(60)55-38-19-13-12-14-20-38)70-31-29-68-28-30-69-40-26-24-39(25-27-40)56-57-50-47(73(65,66)67)33-37-32-42(72(62,63)64)34-45(54-36(3)58)49(37)51(50)59/h12-14,16-17,19-20,22-27,32-35,41,48,59,61H,4-11,15,18,21,28-31H2,1-3H3,(H,54,58)(H,55,60)(H,62,63,64)(H,65,66,67). The number of ether oxygens (including phenoxy) is 4. The van der Waals surface area contributed by atoms with Gasteiger partial charge < -0.3 is 39.8 Å². The Bertz CT molecular complexity index is 2970. The van der Waals surface area contributed by atoms with Crippen LogP contribution >= 0.6 is 0 Å². The van der Waals surface area contributed by atoms with Crippen molar-refractivity contribution in [3.8, 4) is 11.5 Å². The van der Waals surface area contributed by atoms with E-state index in [1.807, 2.05) is 12.1 Å². The fourth-order valence-electron chi connectivity index (χ4n) is 8.55. The molecule has 392 valence electrons. The minimum absolute atomic E-state index is 0.129. The third-order valence-electron chi connectivity index (χ3n) is 12.1. The van der Waals surface area contributed by atoms with Crippen molar-refractivity contribution < 1.29 is 64.7 Å². The molecule has 0 aliphatic heterocycles. The highest BCUT2D eigenvalue weighted by Crippen LogP contribution is 2.46. The molecule has 3 atom stereocenters. The molecule has 0 heterocycles. The van der Waals surface area contributed by atoms with Crippen LogP contribution in [0.3, 0.4) is 0 Å². The third-order valence-corrected chi connectivity index (χ3v) is 13.8. The number of anilines is 2. The molecule has 2 amide bonds. The predicted octanol–water partition coefficient (Wildman–Crippen LogP) is 10.8. The van der Waals surface area contributed by atoms with Crippen molar-refractivity contribution in [1.29, 1.82) is 0 Å². The molecular weight excluding hydrogens is 981 g/mol. The number of rotatable bonds is 28. The summed E-state index contributed by atoms with van der Waals surface area (Å²) in [6, 6.07) is 24.7. The van der Waals surface area contributed by atoms with Crippen LogP contribution in [-0.2, 0) is 49.6 Å². The zero-order chi connectivity index (χ0) is 52.6. The Morgan fingerprint density at radius 2 is 1.38 bits per heavy atom. The number of unbranched alkanes of at least 4 members (excludes halogenated alkanes) is 7.